The number of alkyl halides is 3. The maximum atomic E-state index is 12.3. The number of rotatable bonds is 5. The molecule has 1 heterocycles. The minimum Gasteiger partial charge on any atom is -0.396 e. The minimum atomic E-state index is -4.37. The number of halogens is 3. The molecule has 1 fully saturated rings. The van der Waals surface area contributed by atoms with Crippen LogP contribution in [0.1, 0.15) is 24.8 Å². The Hall–Kier alpha value is -1.60. The molecular formula is C17H22F3NO3. The van der Waals surface area contributed by atoms with Crippen LogP contribution in [-0.4, -0.2) is 53.0 Å². The van der Waals surface area contributed by atoms with Gasteiger partial charge in [0.15, 0.2) is 0 Å². The highest BCUT2D eigenvalue weighted by Gasteiger charge is 2.44. The van der Waals surface area contributed by atoms with E-state index in [1.807, 2.05) is 30.3 Å². The van der Waals surface area contributed by atoms with E-state index < -0.39 is 36.4 Å². The van der Waals surface area contributed by atoms with Gasteiger partial charge in [0.1, 0.15) is 0 Å². The number of piperidine rings is 1. The first-order valence-electron chi connectivity index (χ1n) is 7.93. The zero-order valence-electron chi connectivity index (χ0n) is 13.3. The molecule has 1 aliphatic rings. The lowest BCUT2D eigenvalue weighted by Crippen LogP contribution is -2.56. The number of benzene rings is 1. The molecule has 0 radical (unpaired) electrons. The van der Waals surface area contributed by atoms with Crippen LogP contribution < -0.4 is 0 Å². The van der Waals surface area contributed by atoms with Crippen molar-refractivity contribution in [3.8, 4) is 0 Å². The van der Waals surface area contributed by atoms with Crippen LogP contribution >= 0.6 is 0 Å². The van der Waals surface area contributed by atoms with Gasteiger partial charge in [0, 0.05) is 24.9 Å². The number of aliphatic hydroxyl groups excluding tert-OH is 2. The predicted octanol–water partition coefficient (Wildman–Crippen LogP) is 2.14. The molecular weight excluding hydrogens is 323 g/mol. The predicted molar refractivity (Wildman–Crippen MR) is 82.2 cm³/mol. The quantitative estimate of drug-likeness (QED) is 0.860. The number of carbonyl (C=O) groups is 1. The largest absolute Gasteiger partial charge is 0.396 e. The third-order valence-corrected chi connectivity index (χ3v) is 4.57. The van der Waals surface area contributed by atoms with Gasteiger partial charge in [-0.2, -0.15) is 13.2 Å². The number of hydrogen-bond donors (Lipinski definition) is 2. The molecule has 0 spiro atoms. The van der Waals surface area contributed by atoms with Crippen LogP contribution in [0.15, 0.2) is 30.3 Å². The van der Waals surface area contributed by atoms with Gasteiger partial charge in [0.05, 0.1) is 19.1 Å². The number of nitrogens with zero attached hydrogens (tertiary/aromatic N) is 1. The summed E-state index contributed by atoms with van der Waals surface area (Å²) in [5.74, 6) is -0.592. The Morgan fingerprint density at radius 3 is 2.54 bits per heavy atom. The monoisotopic (exact) mass is 345 g/mol. The summed E-state index contributed by atoms with van der Waals surface area (Å²) in [7, 11) is 0. The maximum Gasteiger partial charge on any atom is 0.389 e. The lowest BCUT2D eigenvalue weighted by molar-refractivity contribution is -0.155. The summed E-state index contributed by atoms with van der Waals surface area (Å²) in [6, 6.07) is 9.23. The SMILES string of the molecule is O=C(CCC(F)(F)F)N1CC[C@H](O)[C@](CO)(Cc2ccccc2)C1. The lowest BCUT2D eigenvalue weighted by Gasteiger charge is -2.45. The summed E-state index contributed by atoms with van der Waals surface area (Å²) in [6.45, 7) is -0.0865. The van der Waals surface area contributed by atoms with Gasteiger partial charge in [-0.3, -0.25) is 4.79 Å². The Balaban J connectivity index is 2.08. The van der Waals surface area contributed by atoms with Crippen molar-refractivity contribution in [1.82, 2.24) is 4.90 Å². The van der Waals surface area contributed by atoms with E-state index in [0.717, 1.165) is 5.56 Å². The molecule has 134 valence electrons. The number of aliphatic hydroxyl groups is 2. The van der Waals surface area contributed by atoms with Crippen molar-refractivity contribution >= 4 is 5.91 Å². The van der Waals surface area contributed by atoms with Gasteiger partial charge in [0.2, 0.25) is 5.91 Å². The van der Waals surface area contributed by atoms with Crippen LogP contribution in [0.5, 0.6) is 0 Å². The van der Waals surface area contributed by atoms with E-state index in [-0.39, 0.29) is 26.1 Å². The van der Waals surface area contributed by atoms with Crippen LogP contribution in [0.3, 0.4) is 0 Å². The molecule has 4 nitrogen and oxygen atoms in total. The van der Waals surface area contributed by atoms with E-state index in [1.165, 1.54) is 4.90 Å². The first-order chi connectivity index (χ1) is 11.3. The van der Waals surface area contributed by atoms with Gasteiger partial charge in [-0.05, 0) is 18.4 Å². The summed E-state index contributed by atoms with van der Waals surface area (Å²) in [6.07, 6.45) is -6.35. The van der Waals surface area contributed by atoms with Crippen LogP contribution in [0.4, 0.5) is 13.2 Å². The summed E-state index contributed by atoms with van der Waals surface area (Å²) in [4.78, 5) is 13.4. The summed E-state index contributed by atoms with van der Waals surface area (Å²) in [5.41, 5.74) is -0.0526. The number of hydrogen-bond acceptors (Lipinski definition) is 3. The normalized spacial score (nSPS) is 24.9. The highest BCUT2D eigenvalue weighted by molar-refractivity contribution is 5.76. The zero-order valence-corrected chi connectivity index (χ0v) is 13.3. The average Bonchev–Trinajstić information content (AvgIpc) is 2.55. The Morgan fingerprint density at radius 1 is 1.29 bits per heavy atom. The summed E-state index contributed by atoms with van der Waals surface area (Å²) in [5, 5.41) is 20.2. The molecule has 7 heteroatoms. The van der Waals surface area contributed by atoms with Crippen molar-refractivity contribution < 1.29 is 28.2 Å². The number of amides is 1. The Labute approximate surface area is 138 Å². The molecule has 2 rings (SSSR count). The molecule has 0 saturated carbocycles. The van der Waals surface area contributed by atoms with Gasteiger partial charge in [0.25, 0.3) is 0 Å². The van der Waals surface area contributed by atoms with E-state index in [9.17, 15) is 28.2 Å². The highest BCUT2D eigenvalue weighted by atomic mass is 19.4. The molecule has 2 N–H and O–H groups in total. The second-order valence-corrected chi connectivity index (χ2v) is 6.42. The van der Waals surface area contributed by atoms with E-state index in [4.69, 9.17) is 0 Å². The Kier molecular flexibility index (Phi) is 5.87. The van der Waals surface area contributed by atoms with Gasteiger partial charge < -0.3 is 15.1 Å². The van der Waals surface area contributed by atoms with Gasteiger partial charge in [-0.25, -0.2) is 0 Å². The summed E-state index contributed by atoms with van der Waals surface area (Å²) < 4.78 is 36.9. The van der Waals surface area contributed by atoms with Crippen LogP contribution in [0, 0.1) is 5.41 Å². The van der Waals surface area contributed by atoms with E-state index >= 15 is 0 Å². The van der Waals surface area contributed by atoms with E-state index in [1.54, 1.807) is 0 Å². The van der Waals surface area contributed by atoms with Crippen molar-refractivity contribution in [2.75, 3.05) is 19.7 Å². The fourth-order valence-electron chi connectivity index (χ4n) is 3.16. The van der Waals surface area contributed by atoms with Crippen LogP contribution in [0.25, 0.3) is 0 Å². The lowest BCUT2D eigenvalue weighted by atomic mass is 9.73. The maximum absolute atomic E-state index is 12.3. The third kappa shape index (κ3) is 4.70. The fraction of sp³-hybridized carbons (Fsp3) is 0.588. The van der Waals surface area contributed by atoms with E-state index in [0.29, 0.717) is 6.42 Å². The molecule has 1 saturated heterocycles. The molecule has 1 aliphatic heterocycles. The molecule has 0 aliphatic carbocycles. The van der Waals surface area contributed by atoms with Crippen molar-refractivity contribution in [1.29, 1.82) is 0 Å². The van der Waals surface area contributed by atoms with Gasteiger partial charge in [-0.1, -0.05) is 30.3 Å². The minimum absolute atomic E-state index is 0.0518. The zero-order chi connectivity index (χ0) is 17.8. The highest BCUT2D eigenvalue weighted by Crippen LogP contribution is 2.34. The van der Waals surface area contributed by atoms with Crippen molar-refractivity contribution in [3.63, 3.8) is 0 Å². The van der Waals surface area contributed by atoms with E-state index in [2.05, 4.69) is 0 Å². The molecule has 2 atom stereocenters. The fourth-order valence-corrected chi connectivity index (χ4v) is 3.16. The number of carbonyl (C=O) groups excluding carboxylic acids is 1. The van der Waals surface area contributed by atoms with Crippen molar-refractivity contribution in [2.24, 2.45) is 5.41 Å². The third-order valence-electron chi connectivity index (χ3n) is 4.57. The second-order valence-electron chi connectivity index (χ2n) is 6.42. The van der Waals surface area contributed by atoms with Gasteiger partial charge in [-0.15, -0.1) is 0 Å². The molecule has 1 aromatic carbocycles. The van der Waals surface area contributed by atoms with Crippen LogP contribution in [0.2, 0.25) is 0 Å². The second kappa shape index (κ2) is 7.53. The molecule has 24 heavy (non-hydrogen) atoms. The first kappa shape index (κ1) is 18.7. The molecule has 0 aromatic heterocycles. The molecule has 1 amide bonds. The molecule has 1 aromatic rings. The molecule has 0 unspecified atom stereocenters. The molecule has 0 bridgehead atoms. The number of likely N-dealkylation sites (tertiary alicyclic amines) is 1. The Bertz CT molecular complexity index is 550. The Morgan fingerprint density at radius 2 is 1.96 bits per heavy atom. The topological polar surface area (TPSA) is 60.8 Å². The van der Waals surface area contributed by atoms with Crippen molar-refractivity contribution in [2.45, 2.75) is 38.0 Å². The van der Waals surface area contributed by atoms with Crippen LogP contribution in [-0.2, 0) is 11.2 Å². The smallest absolute Gasteiger partial charge is 0.389 e. The average molecular weight is 345 g/mol. The van der Waals surface area contributed by atoms with Gasteiger partial charge >= 0.3 is 6.18 Å². The van der Waals surface area contributed by atoms with Crippen molar-refractivity contribution in [3.05, 3.63) is 35.9 Å². The first-order valence-corrected chi connectivity index (χ1v) is 7.93. The standard InChI is InChI=1S/C17H22F3NO3/c18-17(19,20)8-6-15(24)21-9-7-14(23)16(11-21,12-22)10-13-4-2-1-3-5-13/h1-5,14,22-23H,6-12H2/t14-,16+/m0/s1. The summed E-state index contributed by atoms with van der Waals surface area (Å²) >= 11 is 0.